The van der Waals surface area contributed by atoms with Crippen molar-refractivity contribution in [2.45, 2.75) is 70.4 Å². The largest absolute Gasteiger partial charge is 0.444 e. The van der Waals surface area contributed by atoms with Crippen LogP contribution >= 0.6 is 45.2 Å². The Hall–Kier alpha value is -0.880. The molecule has 3 aliphatic rings. The van der Waals surface area contributed by atoms with Gasteiger partial charge >= 0.3 is 6.09 Å². The zero-order valence-corrected chi connectivity index (χ0v) is 21.8. The molecule has 3 fully saturated rings. The molecule has 1 unspecified atom stereocenters. The number of aromatic nitrogens is 2. The van der Waals surface area contributed by atoms with Crippen LogP contribution in [-0.4, -0.2) is 26.8 Å². The number of ether oxygens (including phenoxy) is 2. The molecule has 1 amide bonds. The summed E-state index contributed by atoms with van der Waals surface area (Å²) in [5.74, 6) is 1.51. The van der Waals surface area contributed by atoms with E-state index in [9.17, 15) is 4.79 Å². The van der Waals surface area contributed by atoms with Crippen molar-refractivity contribution >= 4 is 51.3 Å². The van der Waals surface area contributed by atoms with Gasteiger partial charge in [0, 0.05) is 11.6 Å². The smallest absolute Gasteiger partial charge is 0.408 e. The van der Waals surface area contributed by atoms with Gasteiger partial charge in [0.15, 0.2) is 0 Å². The second-order valence-electron chi connectivity index (χ2n) is 9.31. The topological polar surface area (TPSA) is 65.4 Å². The van der Waals surface area contributed by atoms with Crippen molar-refractivity contribution in [3.05, 3.63) is 49.1 Å². The van der Waals surface area contributed by atoms with Gasteiger partial charge in [-0.05, 0) is 96.7 Å². The van der Waals surface area contributed by atoms with Crippen LogP contribution < -0.4 is 5.32 Å². The lowest BCUT2D eigenvalue weighted by Crippen LogP contribution is -2.53. The molecule has 30 heavy (non-hydrogen) atoms. The molecule has 1 N–H and O–H groups in total. The van der Waals surface area contributed by atoms with Gasteiger partial charge < -0.3 is 19.4 Å². The Morgan fingerprint density at radius 3 is 2.57 bits per heavy atom. The van der Waals surface area contributed by atoms with Gasteiger partial charge in [0.05, 0.1) is 6.61 Å². The van der Waals surface area contributed by atoms with E-state index in [4.69, 9.17) is 14.5 Å². The summed E-state index contributed by atoms with van der Waals surface area (Å²) < 4.78 is 16.0. The fraction of sp³-hybridized carbons (Fsp3) is 0.545. The maximum atomic E-state index is 12.3. The Morgan fingerprint density at radius 1 is 1.20 bits per heavy atom. The Balaban J connectivity index is 1.43. The molecule has 2 aromatic rings. The quantitative estimate of drug-likeness (QED) is 0.431. The normalized spacial score (nSPS) is 25.1. The Kier molecular flexibility index (Phi) is 6.38. The van der Waals surface area contributed by atoms with Gasteiger partial charge in [0.25, 0.3) is 0 Å². The fourth-order valence-corrected chi connectivity index (χ4v) is 5.92. The Bertz CT molecular complexity index is 918. The zero-order valence-electron chi connectivity index (χ0n) is 17.5. The van der Waals surface area contributed by atoms with Crippen molar-refractivity contribution in [1.82, 2.24) is 14.9 Å². The number of nitrogens with one attached hydrogen (secondary N) is 1. The number of benzene rings is 1. The van der Waals surface area contributed by atoms with Crippen LogP contribution in [0.4, 0.5) is 4.79 Å². The van der Waals surface area contributed by atoms with Crippen molar-refractivity contribution in [1.29, 1.82) is 0 Å². The second kappa shape index (κ2) is 8.57. The first-order chi connectivity index (χ1) is 14.2. The lowest BCUT2D eigenvalue weighted by Gasteiger charge is -2.39. The number of hydrogen-bond donors (Lipinski definition) is 1. The third-order valence-electron chi connectivity index (χ3n) is 5.78. The summed E-state index contributed by atoms with van der Waals surface area (Å²) in [6.45, 7) is 6.72. The first-order valence-electron chi connectivity index (χ1n) is 10.2. The maximum absolute atomic E-state index is 12.3. The van der Waals surface area contributed by atoms with E-state index in [1.54, 1.807) is 0 Å². The molecule has 8 heteroatoms. The summed E-state index contributed by atoms with van der Waals surface area (Å²) >= 11 is 4.68. The number of alkyl carbamates (subject to hydrolysis) is 1. The van der Waals surface area contributed by atoms with Crippen LogP contribution in [0.5, 0.6) is 0 Å². The van der Waals surface area contributed by atoms with Crippen molar-refractivity contribution in [2.75, 3.05) is 0 Å². The molecule has 1 atom stereocenters. The minimum atomic E-state index is -0.485. The van der Waals surface area contributed by atoms with Crippen LogP contribution in [0.2, 0.25) is 0 Å². The first-order valence-corrected chi connectivity index (χ1v) is 12.4. The molecular weight excluding hydrogens is 608 g/mol. The standard InChI is InChI=1S/C22H27I2N3O3/c1-21(2,3)30-20(28)26-22-9-15(10-22)16(11-22)27-17(25-18(23)19(27)24)13-29-12-14-7-5-4-6-8-14/h4-8,15-16H,9-13H2,1-3H3,(H,26,28). The third-order valence-corrected chi connectivity index (χ3v) is 8.59. The fourth-order valence-electron chi connectivity index (χ4n) is 4.62. The predicted molar refractivity (Wildman–Crippen MR) is 131 cm³/mol. The Morgan fingerprint density at radius 2 is 1.90 bits per heavy atom. The summed E-state index contributed by atoms with van der Waals surface area (Å²) in [4.78, 5) is 17.1. The summed E-state index contributed by atoms with van der Waals surface area (Å²) in [5, 5.41) is 3.16. The summed E-state index contributed by atoms with van der Waals surface area (Å²) in [6, 6.07) is 10.5. The van der Waals surface area contributed by atoms with E-state index in [2.05, 4.69) is 67.2 Å². The maximum Gasteiger partial charge on any atom is 0.408 e. The Labute approximate surface area is 204 Å². The highest BCUT2D eigenvalue weighted by Crippen LogP contribution is 2.58. The molecule has 5 rings (SSSR count). The minimum absolute atomic E-state index is 0.154. The monoisotopic (exact) mass is 635 g/mol. The molecule has 3 aliphatic carbocycles. The lowest BCUT2D eigenvalue weighted by atomic mass is 9.77. The summed E-state index contributed by atoms with van der Waals surface area (Å²) in [5.41, 5.74) is 0.517. The van der Waals surface area contributed by atoms with E-state index in [-0.39, 0.29) is 11.6 Å². The molecule has 162 valence electrons. The minimum Gasteiger partial charge on any atom is -0.444 e. The van der Waals surface area contributed by atoms with E-state index >= 15 is 0 Å². The van der Waals surface area contributed by atoms with Crippen molar-refractivity contribution in [3.63, 3.8) is 0 Å². The SMILES string of the molecule is CC(C)(C)OC(=O)NC12CC(C1)C(n1c(COCc3ccccc3)nc(I)c1I)C2. The number of fused-ring (bicyclic) bond motifs is 1. The van der Waals surface area contributed by atoms with E-state index in [1.165, 1.54) is 0 Å². The molecule has 6 nitrogen and oxygen atoms in total. The molecule has 3 saturated carbocycles. The van der Waals surface area contributed by atoms with Crippen LogP contribution in [0.25, 0.3) is 0 Å². The number of amides is 1. The number of imidazole rings is 1. The highest BCUT2D eigenvalue weighted by molar-refractivity contribution is 14.1. The predicted octanol–water partition coefficient (Wildman–Crippen LogP) is 5.43. The van der Waals surface area contributed by atoms with Crippen LogP contribution in [0.3, 0.4) is 0 Å². The average molecular weight is 635 g/mol. The van der Waals surface area contributed by atoms with Crippen LogP contribution in [0.1, 0.15) is 57.5 Å². The van der Waals surface area contributed by atoms with Crippen LogP contribution in [-0.2, 0) is 22.7 Å². The third kappa shape index (κ3) is 4.79. The van der Waals surface area contributed by atoms with Crippen molar-refractivity contribution in [2.24, 2.45) is 5.92 Å². The first kappa shape index (κ1) is 22.3. The summed E-state index contributed by atoms with van der Waals surface area (Å²) in [7, 11) is 0. The van der Waals surface area contributed by atoms with Gasteiger partial charge in [-0.1, -0.05) is 30.3 Å². The number of carbonyl (C=O) groups is 1. The molecule has 0 radical (unpaired) electrons. The van der Waals surface area contributed by atoms with E-state index in [0.717, 1.165) is 38.1 Å². The molecule has 0 aliphatic heterocycles. The van der Waals surface area contributed by atoms with E-state index in [1.807, 2.05) is 39.0 Å². The number of nitrogens with zero attached hydrogens (tertiary/aromatic N) is 2. The van der Waals surface area contributed by atoms with Crippen LogP contribution in [0, 0.1) is 13.3 Å². The zero-order chi connectivity index (χ0) is 21.5. The van der Waals surface area contributed by atoms with Gasteiger partial charge in [-0.25, -0.2) is 9.78 Å². The van der Waals surface area contributed by atoms with Gasteiger partial charge in [-0.2, -0.15) is 0 Å². The molecule has 2 bridgehead atoms. The molecule has 1 aromatic heterocycles. The highest BCUT2D eigenvalue weighted by Gasteiger charge is 2.58. The van der Waals surface area contributed by atoms with Crippen molar-refractivity contribution < 1.29 is 14.3 Å². The highest BCUT2D eigenvalue weighted by atomic mass is 127. The number of hydrogen-bond acceptors (Lipinski definition) is 4. The molecule has 1 heterocycles. The van der Waals surface area contributed by atoms with Gasteiger partial charge in [-0.15, -0.1) is 0 Å². The molecule has 1 aromatic carbocycles. The number of halogens is 2. The van der Waals surface area contributed by atoms with Gasteiger partial charge in [0.1, 0.15) is 25.4 Å². The van der Waals surface area contributed by atoms with E-state index < -0.39 is 5.60 Å². The average Bonchev–Trinajstić information content (AvgIpc) is 3.23. The molecule has 0 saturated heterocycles. The number of carbonyl (C=O) groups excluding carboxylic acids is 1. The van der Waals surface area contributed by atoms with Crippen LogP contribution in [0.15, 0.2) is 30.3 Å². The number of rotatable bonds is 6. The van der Waals surface area contributed by atoms with E-state index in [0.29, 0.717) is 25.2 Å². The molecule has 0 spiro atoms. The summed E-state index contributed by atoms with van der Waals surface area (Å²) in [6.07, 6.45) is 2.58. The van der Waals surface area contributed by atoms with Gasteiger partial charge in [0.2, 0.25) is 0 Å². The molecular formula is C22H27I2N3O3. The van der Waals surface area contributed by atoms with Crippen molar-refractivity contribution in [3.8, 4) is 0 Å². The lowest BCUT2D eigenvalue weighted by molar-refractivity contribution is 0.0395. The van der Waals surface area contributed by atoms with Gasteiger partial charge in [-0.3, -0.25) is 0 Å². The second-order valence-corrected chi connectivity index (χ2v) is 11.3.